The van der Waals surface area contributed by atoms with E-state index in [1.807, 2.05) is 11.0 Å². The van der Waals surface area contributed by atoms with E-state index in [1.54, 1.807) is 25.1 Å². The lowest BCUT2D eigenvalue weighted by Gasteiger charge is -2.41. The first-order valence-electron chi connectivity index (χ1n) is 15.1. The number of alkyl halides is 8. The normalized spacial score (nSPS) is 20.7. The molecule has 5 nitrogen and oxygen atoms in total. The summed E-state index contributed by atoms with van der Waals surface area (Å²) in [4.78, 5) is 6.13. The maximum atomic E-state index is 15.7. The van der Waals surface area contributed by atoms with Crippen molar-refractivity contribution in [3.8, 4) is 0 Å². The van der Waals surface area contributed by atoms with Crippen LogP contribution in [-0.2, 0) is 17.2 Å². The highest BCUT2D eigenvalue weighted by atomic mass is 32.2. The fraction of sp³-hybridized carbons (Fsp3) is 0.548. The summed E-state index contributed by atoms with van der Waals surface area (Å²) >= 11 is 0. The molecule has 47 heavy (non-hydrogen) atoms. The second kappa shape index (κ2) is 13.6. The van der Waals surface area contributed by atoms with Gasteiger partial charge in [-0.3, -0.25) is 14.0 Å². The predicted molar refractivity (Wildman–Crippen MR) is 159 cm³/mol. The van der Waals surface area contributed by atoms with Crippen LogP contribution in [0.2, 0.25) is 0 Å². The van der Waals surface area contributed by atoms with E-state index in [0.29, 0.717) is 37.3 Å². The van der Waals surface area contributed by atoms with E-state index in [0.717, 1.165) is 28.0 Å². The average molecular weight is 701 g/mol. The fourth-order valence-corrected chi connectivity index (χ4v) is 7.55. The molecule has 0 aliphatic carbocycles. The van der Waals surface area contributed by atoms with Crippen LogP contribution in [0.15, 0.2) is 36.4 Å². The van der Waals surface area contributed by atoms with Gasteiger partial charge in [0.1, 0.15) is 11.6 Å². The van der Waals surface area contributed by atoms with Crippen molar-refractivity contribution in [1.82, 2.24) is 14.8 Å². The minimum absolute atomic E-state index is 0.119. The van der Waals surface area contributed by atoms with Crippen LogP contribution in [0.25, 0.3) is 10.9 Å². The number of fused-ring (bicyclic) bond motifs is 3. The number of H-pyrrole nitrogens is 1. The number of aromatic nitrogens is 1. The van der Waals surface area contributed by atoms with Gasteiger partial charge in [-0.05, 0) is 56.5 Å². The summed E-state index contributed by atoms with van der Waals surface area (Å²) in [5, 5.41) is 3.81. The standard InChI is InChI=1S/C31H34F10N4OS/c1-18-12-22-21-6-2-3-7-25(21)43-27(22)28(45(18)17-30(36,37)38)26-23(32)13-19(14-24(26)33)42-20-15-44(16-20)9-5-11-47(46)10-4-8-29(34,35)31(39,40)41/h2-3,6-7,13-14,18,20,28,42-43H,4-5,8-12,15-17H2,1H3/t18-,28-,47?/m1/s1. The Bertz CT molecular complexity index is 1560. The summed E-state index contributed by atoms with van der Waals surface area (Å²) in [5.41, 5.74) is 1.34. The summed E-state index contributed by atoms with van der Waals surface area (Å²) in [6.07, 6.45) is -11.5. The molecule has 3 aromatic rings. The van der Waals surface area contributed by atoms with Crippen LogP contribution in [-0.4, -0.2) is 87.0 Å². The Labute approximate surface area is 267 Å². The van der Waals surface area contributed by atoms with Crippen molar-refractivity contribution in [2.24, 2.45) is 0 Å². The summed E-state index contributed by atoms with van der Waals surface area (Å²) in [5.74, 6) is -6.93. The van der Waals surface area contributed by atoms with Crippen molar-refractivity contribution in [2.75, 3.05) is 43.0 Å². The highest BCUT2D eigenvalue weighted by Gasteiger charge is 2.56. The lowest BCUT2D eigenvalue weighted by molar-refractivity contribution is -0.284. The molecule has 2 aromatic carbocycles. The van der Waals surface area contributed by atoms with Gasteiger partial charge in [0.2, 0.25) is 0 Å². The molecule has 2 aliphatic rings. The van der Waals surface area contributed by atoms with Gasteiger partial charge in [0.15, 0.2) is 0 Å². The van der Waals surface area contributed by atoms with Gasteiger partial charge >= 0.3 is 18.3 Å². The van der Waals surface area contributed by atoms with Crippen LogP contribution in [0.1, 0.15) is 49.0 Å². The molecule has 1 saturated heterocycles. The quantitative estimate of drug-likeness (QED) is 0.192. The molecule has 1 unspecified atom stereocenters. The summed E-state index contributed by atoms with van der Waals surface area (Å²) in [7, 11) is -1.55. The molecule has 3 atom stereocenters. The highest BCUT2D eigenvalue weighted by Crippen LogP contribution is 2.44. The Morgan fingerprint density at radius 1 is 0.957 bits per heavy atom. The minimum Gasteiger partial charge on any atom is -0.380 e. The van der Waals surface area contributed by atoms with Gasteiger partial charge in [0.25, 0.3) is 0 Å². The predicted octanol–water partition coefficient (Wildman–Crippen LogP) is 7.56. The van der Waals surface area contributed by atoms with E-state index in [9.17, 15) is 39.3 Å². The Morgan fingerprint density at radius 3 is 2.23 bits per heavy atom. The number of benzene rings is 2. The van der Waals surface area contributed by atoms with E-state index in [1.165, 1.54) is 0 Å². The van der Waals surface area contributed by atoms with Crippen molar-refractivity contribution < 1.29 is 48.1 Å². The monoisotopic (exact) mass is 700 g/mol. The molecule has 5 rings (SSSR count). The van der Waals surface area contributed by atoms with Gasteiger partial charge in [-0.1, -0.05) is 18.2 Å². The zero-order valence-corrected chi connectivity index (χ0v) is 26.1. The molecule has 0 radical (unpaired) electrons. The van der Waals surface area contributed by atoms with E-state index >= 15 is 8.78 Å². The lowest BCUT2D eigenvalue weighted by atomic mass is 9.88. The number of rotatable bonds is 12. The summed E-state index contributed by atoms with van der Waals surface area (Å²) in [6.45, 7) is 1.66. The SMILES string of the molecule is C[C@@H]1Cc2c([nH]c3ccccc23)[C@@H](c2c(F)cc(NC3CN(CCCS(=O)CCCC(F)(F)C(F)(F)F)C3)cc2F)N1CC(F)(F)F. The molecule has 0 amide bonds. The molecule has 0 spiro atoms. The molecule has 3 heterocycles. The van der Waals surface area contributed by atoms with Crippen LogP contribution >= 0.6 is 0 Å². The van der Waals surface area contributed by atoms with Gasteiger partial charge in [0, 0.05) is 75.7 Å². The second-order valence-electron chi connectivity index (χ2n) is 12.3. The number of aromatic amines is 1. The molecule has 0 saturated carbocycles. The molecule has 1 fully saturated rings. The maximum absolute atomic E-state index is 15.7. The van der Waals surface area contributed by atoms with Crippen molar-refractivity contribution in [3.05, 3.63) is 64.9 Å². The molecular formula is C31H34F10N4OS. The molecule has 1 aromatic heterocycles. The smallest absolute Gasteiger partial charge is 0.380 e. The third-order valence-corrected chi connectivity index (χ3v) is 10.2. The number of nitrogens with zero attached hydrogens (tertiary/aromatic N) is 2. The summed E-state index contributed by atoms with van der Waals surface area (Å²) < 4.78 is 147. The molecular weight excluding hydrogens is 666 g/mol. The van der Waals surface area contributed by atoms with E-state index in [-0.39, 0.29) is 29.7 Å². The lowest BCUT2D eigenvalue weighted by Crippen LogP contribution is -2.54. The van der Waals surface area contributed by atoms with E-state index in [4.69, 9.17) is 0 Å². The Balaban J connectivity index is 1.19. The van der Waals surface area contributed by atoms with Gasteiger partial charge in [0.05, 0.1) is 18.6 Å². The fourth-order valence-electron chi connectivity index (χ4n) is 6.43. The number of halogens is 10. The van der Waals surface area contributed by atoms with Gasteiger partial charge < -0.3 is 10.3 Å². The van der Waals surface area contributed by atoms with Crippen molar-refractivity contribution in [3.63, 3.8) is 0 Å². The highest BCUT2D eigenvalue weighted by molar-refractivity contribution is 7.84. The van der Waals surface area contributed by atoms with Crippen LogP contribution in [0.3, 0.4) is 0 Å². The summed E-state index contributed by atoms with van der Waals surface area (Å²) in [6, 6.07) is 7.06. The van der Waals surface area contributed by atoms with Crippen LogP contribution < -0.4 is 5.32 Å². The van der Waals surface area contributed by atoms with Gasteiger partial charge in [-0.25, -0.2) is 8.78 Å². The second-order valence-corrected chi connectivity index (χ2v) is 14.0. The van der Waals surface area contributed by atoms with Gasteiger partial charge in [-0.2, -0.15) is 35.1 Å². The first-order valence-corrected chi connectivity index (χ1v) is 16.6. The number of anilines is 1. The van der Waals surface area contributed by atoms with Crippen LogP contribution in [0, 0.1) is 11.6 Å². The number of para-hydroxylation sites is 1. The Hall–Kier alpha value is -2.85. The maximum Gasteiger partial charge on any atom is 0.453 e. The Morgan fingerprint density at radius 2 is 1.60 bits per heavy atom. The number of nitrogens with one attached hydrogen (secondary N) is 2. The first kappa shape index (κ1) is 35.5. The van der Waals surface area contributed by atoms with Gasteiger partial charge in [-0.15, -0.1) is 0 Å². The third kappa shape index (κ3) is 8.07. The third-order valence-electron chi connectivity index (χ3n) is 8.68. The van der Waals surface area contributed by atoms with Crippen molar-refractivity contribution >= 4 is 27.4 Å². The zero-order valence-electron chi connectivity index (χ0n) is 25.3. The van der Waals surface area contributed by atoms with Crippen molar-refractivity contribution in [2.45, 2.75) is 69.0 Å². The molecule has 16 heteroatoms. The number of likely N-dealkylation sites (tertiary alicyclic amines) is 1. The topological polar surface area (TPSA) is 51.4 Å². The minimum atomic E-state index is -5.63. The van der Waals surface area contributed by atoms with Crippen molar-refractivity contribution in [1.29, 1.82) is 0 Å². The number of hydrogen-bond acceptors (Lipinski definition) is 4. The molecule has 0 bridgehead atoms. The molecule has 260 valence electrons. The van der Waals surface area contributed by atoms with Crippen LogP contribution in [0.4, 0.5) is 49.6 Å². The average Bonchev–Trinajstić information content (AvgIpc) is 3.29. The van der Waals surface area contributed by atoms with Crippen LogP contribution in [0.5, 0.6) is 0 Å². The Kier molecular flexibility index (Phi) is 10.2. The molecule has 2 aliphatic heterocycles. The first-order chi connectivity index (χ1) is 21.9. The van der Waals surface area contributed by atoms with E-state index in [2.05, 4.69) is 10.3 Å². The molecule has 2 N–H and O–H groups in total. The van der Waals surface area contributed by atoms with E-state index < -0.39 is 77.7 Å². The number of hydrogen-bond donors (Lipinski definition) is 2. The largest absolute Gasteiger partial charge is 0.453 e. The zero-order chi connectivity index (χ0) is 34.3.